The minimum atomic E-state index is -1.61. The van der Waals surface area contributed by atoms with Gasteiger partial charge in [0.15, 0.2) is 16.9 Å². The summed E-state index contributed by atoms with van der Waals surface area (Å²) >= 11 is 0. The molecule has 0 unspecified atom stereocenters. The Morgan fingerprint density at radius 2 is 1.79 bits per heavy atom. The zero-order valence-corrected chi connectivity index (χ0v) is 16.7. The van der Waals surface area contributed by atoms with E-state index < -0.39 is 11.3 Å². The Morgan fingerprint density at radius 1 is 1.10 bits per heavy atom. The Bertz CT molecular complexity index is 974. The molecule has 0 amide bonds. The SMILES string of the molecule is CCOc1ccc([C@H]2[C@@H]3CCCC=C3C(C#N)=C(N)C2(C#N)C#N)cc1OCC. The summed E-state index contributed by atoms with van der Waals surface area (Å²) in [6, 6.07) is 12.0. The van der Waals surface area contributed by atoms with Crippen molar-refractivity contribution in [1.82, 2.24) is 0 Å². The molecule has 1 aromatic rings. The largest absolute Gasteiger partial charge is 0.490 e. The highest BCUT2D eigenvalue weighted by atomic mass is 16.5. The first-order valence-electron chi connectivity index (χ1n) is 9.90. The average molecular weight is 388 g/mol. The summed E-state index contributed by atoms with van der Waals surface area (Å²) < 4.78 is 11.4. The topological polar surface area (TPSA) is 116 Å². The Morgan fingerprint density at radius 3 is 2.41 bits per heavy atom. The van der Waals surface area contributed by atoms with E-state index in [2.05, 4.69) is 18.2 Å². The zero-order chi connectivity index (χ0) is 21.0. The van der Waals surface area contributed by atoms with Gasteiger partial charge in [0.25, 0.3) is 0 Å². The van der Waals surface area contributed by atoms with Crippen LogP contribution in [0.4, 0.5) is 0 Å². The Balaban J connectivity index is 2.25. The molecule has 1 aromatic carbocycles. The Hall–Kier alpha value is -3.43. The van der Waals surface area contributed by atoms with Crippen molar-refractivity contribution >= 4 is 0 Å². The van der Waals surface area contributed by atoms with Crippen molar-refractivity contribution in [3.8, 4) is 29.7 Å². The lowest BCUT2D eigenvalue weighted by molar-refractivity contribution is 0.284. The third-order valence-corrected chi connectivity index (χ3v) is 5.73. The smallest absolute Gasteiger partial charge is 0.191 e. The van der Waals surface area contributed by atoms with Crippen molar-refractivity contribution in [2.75, 3.05) is 13.2 Å². The minimum Gasteiger partial charge on any atom is -0.490 e. The molecule has 0 heterocycles. The van der Waals surface area contributed by atoms with Crippen molar-refractivity contribution in [2.24, 2.45) is 17.1 Å². The molecule has 29 heavy (non-hydrogen) atoms. The molecule has 2 atom stereocenters. The van der Waals surface area contributed by atoms with E-state index in [1.807, 2.05) is 38.1 Å². The Labute approximate surface area is 171 Å². The number of fused-ring (bicyclic) bond motifs is 1. The minimum absolute atomic E-state index is 0.0474. The lowest BCUT2D eigenvalue weighted by atomic mass is 9.57. The maximum atomic E-state index is 10.1. The van der Waals surface area contributed by atoms with Gasteiger partial charge in [-0.25, -0.2) is 0 Å². The van der Waals surface area contributed by atoms with Gasteiger partial charge in [0, 0.05) is 5.92 Å². The van der Waals surface area contributed by atoms with Gasteiger partial charge in [0.2, 0.25) is 0 Å². The van der Waals surface area contributed by atoms with Crippen LogP contribution in [0.2, 0.25) is 0 Å². The predicted molar refractivity (Wildman–Crippen MR) is 107 cm³/mol. The van der Waals surface area contributed by atoms with Crippen LogP contribution >= 0.6 is 0 Å². The number of nitrogens with zero attached hydrogens (tertiary/aromatic N) is 3. The van der Waals surface area contributed by atoms with E-state index in [0.29, 0.717) is 24.7 Å². The number of hydrogen-bond acceptors (Lipinski definition) is 6. The zero-order valence-electron chi connectivity index (χ0n) is 16.7. The van der Waals surface area contributed by atoms with Crippen LogP contribution < -0.4 is 15.2 Å². The molecule has 0 saturated heterocycles. The summed E-state index contributed by atoms with van der Waals surface area (Å²) in [5.74, 6) is 0.578. The molecule has 0 fully saturated rings. The molecule has 0 aromatic heterocycles. The maximum Gasteiger partial charge on any atom is 0.191 e. The van der Waals surface area contributed by atoms with E-state index in [1.165, 1.54) is 0 Å². The van der Waals surface area contributed by atoms with Crippen LogP contribution in [0.1, 0.15) is 44.6 Å². The summed E-state index contributed by atoms with van der Waals surface area (Å²) in [7, 11) is 0. The van der Waals surface area contributed by atoms with Crippen LogP contribution in [0.3, 0.4) is 0 Å². The second kappa shape index (κ2) is 8.29. The molecule has 0 saturated carbocycles. The van der Waals surface area contributed by atoms with E-state index in [4.69, 9.17) is 15.2 Å². The fourth-order valence-corrected chi connectivity index (χ4v) is 4.51. The average Bonchev–Trinajstić information content (AvgIpc) is 2.75. The molecule has 0 radical (unpaired) electrons. The molecule has 6 nitrogen and oxygen atoms in total. The van der Waals surface area contributed by atoms with Crippen molar-refractivity contribution in [2.45, 2.75) is 39.0 Å². The van der Waals surface area contributed by atoms with Crippen molar-refractivity contribution < 1.29 is 9.47 Å². The molecule has 148 valence electrons. The van der Waals surface area contributed by atoms with Gasteiger partial charge in [-0.05, 0) is 62.3 Å². The lowest BCUT2D eigenvalue weighted by Gasteiger charge is -2.43. The first-order chi connectivity index (χ1) is 14.1. The number of rotatable bonds is 5. The number of benzene rings is 1. The van der Waals surface area contributed by atoms with Gasteiger partial charge in [-0.3, -0.25) is 0 Å². The van der Waals surface area contributed by atoms with Gasteiger partial charge in [-0.15, -0.1) is 0 Å². The number of nitrogens with two attached hydrogens (primary N) is 1. The van der Waals surface area contributed by atoms with E-state index in [0.717, 1.165) is 30.4 Å². The highest BCUT2D eigenvalue weighted by molar-refractivity contribution is 5.60. The lowest BCUT2D eigenvalue weighted by Crippen LogP contribution is -2.42. The number of nitriles is 3. The third-order valence-electron chi connectivity index (χ3n) is 5.73. The van der Waals surface area contributed by atoms with E-state index in [9.17, 15) is 15.8 Å². The standard InChI is InChI=1S/C23H24N4O2/c1-3-28-19-10-9-15(11-20(19)29-4-2)21-17-8-6-5-7-16(17)18(12-24)22(27)23(21,13-25)14-26/h7,9-11,17,21H,3-6,8,27H2,1-2H3/t17-,21+/m1/s1. The molecule has 0 bridgehead atoms. The van der Waals surface area contributed by atoms with Gasteiger partial charge >= 0.3 is 0 Å². The van der Waals surface area contributed by atoms with Gasteiger partial charge < -0.3 is 15.2 Å². The van der Waals surface area contributed by atoms with Gasteiger partial charge in [-0.2, -0.15) is 15.8 Å². The number of ether oxygens (including phenoxy) is 2. The van der Waals surface area contributed by atoms with Gasteiger partial charge in [0.1, 0.15) is 6.07 Å². The summed E-state index contributed by atoms with van der Waals surface area (Å²) in [5.41, 5.74) is 6.68. The van der Waals surface area contributed by atoms with Crippen LogP contribution in [0.5, 0.6) is 11.5 Å². The second-order valence-electron chi connectivity index (χ2n) is 7.18. The van der Waals surface area contributed by atoms with Crippen LogP contribution in [-0.4, -0.2) is 13.2 Å². The first-order valence-corrected chi connectivity index (χ1v) is 9.90. The van der Waals surface area contributed by atoms with Crippen molar-refractivity contribution in [3.63, 3.8) is 0 Å². The molecule has 3 rings (SSSR count). The monoisotopic (exact) mass is 388 g/mol. The van der Waals surface area contributed by atoms with Crippen LogP contribution in [0.15, 0.2) is 41.1 Å². The van der Waals surface area contributed by atoms with Crippen LogP contribution in [0, 0.1) is 45.3 Å². The number of hydrogen-bond donors (Lipinski definition) is 1. The first kappa shape index (κ1) is 20.3. The Kier molecular flexibility index (Phi) is 5.81. The molecule has 2 aliphatic rings. The molecule has 6 heteroatoms. The second-order valence-corrected chi connectivity index (χ2v) is 7.18. The van der Waals surface area contributed by atoms with E-state index >= 15 is 0 Å². The third kappa shape index (κ3) is 3.20. The molecule has 0 aliphatic heterocycles. The molecule has 2 N–H and O–H groups in total. The normalized spacial score (nSPS) is 22.4. The van der Waals surface area contributed by atoms with Gasteiger partial charge in [0.05, 0.1) is 36.6 Å². The number of allylic oxidation sites excluding steroid dienone is 4. The summed E-state index contributed by atoms with van der Waals surface area (Å²) in [6.07, 6.45) is 4.61. The van der Waals surface area contributed by atoms with Crippen molar-refractivity contribution in [1.29, 1.82) is 15.8 Å². The molecule has 2 aliphatic carbocycles. The summed E-state index contributed by atoms with van der Waals surface area (Å²) in [4.78, 5) is 0. The maximum absolute atomic E-state index is 10.1. The summed E-state index contributed by atoms with van der Waals surface area (Å²) in [6.45, 7) is 4.75. The van der Waals surface area contributed by atoms with Crippen LogP contribution in [-0.2, 0) is 0 Å². The highest BCUT2D eigenvalue weighted by Crippen LogP contribution is 2.56. The van der Waals surface area contributed by atoms with Gasteiger partial charge in [-0.1, -0.05) is 12.1 Å². The van der Waals surface area contributed by atoms with Crippen molar-refractivity contribution in [3.05, 3.63) is 46.7 Å². The molecule has 0 spiro atoms. The molecular formula is C23H24N4O2. The quantitative estimate of drug-likeness (QED) is 0.812. The summed E-state index contributed by atoms with van der Waals surface area (Å²) in [5, 5.41) is 29.9. The van der Waals surface area contributed by atoms with E-state index in [1.54, 1.807) is 0 Å². The van der Waals surface area contributed by atoms with Crippen LogP contribution in [0.25, 0.3) is 0 Å². The predicted octanol–water partition coefficient (Wildman–Crippen LogP) is 4.08. The fourth-order valence-electron chi connectivity index (χ4n) is 4.51. The van der Waals surface area contributed by atoms with E-state index in [-0.39, 0.29) is 17.2 Å². The highest BCUT2D eigenvalue weighted by Gasteiger charge is 2.53. The fraction of sp³-hybridized carbons (Fsp3) is 0.435. The molecular weight excluding hydrogens is 364 g/mol.